The van der Waals surface area contributed by atoms with Crippen molar-refractivity contribution in [1.29, 1.82) is 0 Å². The fraction of sp³-hybridized carbons (Fsp3) is 0.417. The van der Waals surface area contributed by atoms with Crippen LogP contribution in [0.3, 0.4) is 0 Å². The maximum atomic E-state index is 5.12. The molecule has 1 aromatic heterocycles. The number of nitrogens with one attached hydrogen (secondary N) is 2. The molecule has 5 nitrogen and oxygen atoms in total. The molecule has 0 aliphatic carbocycles. The van der Waals surface area contributed by atoms with Crippen molar-refractivity contribution in [2.75, 3.05) is 13.7 Å². The summed E-state index contributed by atoms with van der Waals surface area (Å²) in [6.07, 6.45) is 3.46. The van der Waals surface area contributed by atoms with Gasteiger partial charge in [-0.3, -0.25) is 10.4 Å². The lowest BCUT2D eigenvalue weighted by Crippen LogP contribution is -2.40. The molecule has 0 saturated heterocycles. The fourth-order valence-corrected chi connectivity index (χ4v) is 1.59. The molecule has 0 spiro atoms. The van der Waals surface area contributed by atoms with E-state index in [0.717, 1.165) is 11.3 Å². The molecule has 0 bridgehead atoms. The van der Waals surface area contributed by atoms with E-state index >= 15 is 0 Å². The summed E-state index contributed by atoms with van der Waals surface area (Å²) in [6, 6.07) is 3.93. The smallest absolute Gasteiger partial charge is 0.187 e. The number of rotatable bonds is 5. The summed E-state index contributed by atoms with van der Waals surface area (Å²) < 4.78 is 5.01. The van der Waals surface area contributed by atoms with E-state index in [1.807, 2.05) is 26.0 Å². The number of aromatic nitrogens is 1. The highest BCUT2D eigenvalue weighted by atomic mass is 32.1. The van der Waals surface area contributed by atoms with Crippen LogP contribution in [0.1, 0.15) is 19.4 Å². The molecular formula is C12H18N4OS. The van der Waals surface area contributed by atoms with Crippen LogP contribution in [0.15, 0.2) is 29.6 Å². The first kappa shape index (κ1) is 14.5. The molecule has 1 aromatic rings. The zero-order chi connectivity index (χ0) is 13.4. The van der Waals surface area contributed by atoms with Crippen LogP contribution >= 0.6 is 12.2 Å². The second-order valence-corrected chi connectivity index (χ2v) is 4.28. The van der Waals surface area contributed by atoms with Crippen molar-refractivity contribution in [3.63, 3.8) is 0 Å². The second-order valence-electron chi connectivity index (χ2n) is 3.87. The Labute approximate surface area is 113 Å². The van der Waals surface area contributed by atoms with Gasteiger partial charge >= 0.3 is 0 Å². The number of hydrazone groups is 1. The van der Waals surface area contributed by atoms with Crippen molar-refractivity contribution >= 4 is 23.0 Å². The molecule has 18 heavy (non-hydrogen) atoms. The topological polar surface area (TPSA) is 58.5 Å². The lowest BCUT2D eigenvalue weighted by molar-refractivity contribution is 0.179. The Morgan fingerprint density at radius 1 is 1.50 bits per heavy atom. The summed E-state index contributed by atoms with van der Waals surface area (Å²) in [4.78, 5) is 3.96. The maximum absolute atomic E-state index is 5.12. The van der Waals surface area contributed by atoms with Crippen molar-refractivity contribution < 1.29 is 4.74 Å². The van der Waals surface area contributed by atoms with Gasteiger partial charge in [0.2, 0.25) is 0 Å². The highest BCUT2D eigenvalue weighted by Crippen LogP contribution is 1.97. The Balaban J connectivity index is 2.46. The van der Waals surface area contributed by atoms with Crippen LogP contribution in [0.25, 0.3) is 0 Å². The van der Waals surface area contributed by atoms with Gasteiger partial charge < -0.3 is 10.1 Å². The highest BCUT2D eigenvalue weighted by molar-refractivity contribution is 7.80. The van der Waals surface area contributed by atoms with Crippen LogP contribution in [0, 0.1) is 0 Å². The Morgan fingerprint density at radius 2 is 2.17 bits per heavy atom. The lowest BCUT2D eigenvalue weighted by atomic mass is 10.2. The Bertz CT molecular complexity index is 408. The van der Waals surface area contributed by atoms with E-state index in [1.54, 1.807) is 19.5 Å². The summed E-state index contributed by atoms with van der Waals surface area (Å²) in [5.74, 6) is 0. The highest BCUT2D eigenvalue weighted by Gasteiger charge is 2.02. The minimum absolute atomic E-state index is 0.145. The lowest BCUT2D eigenvalue weighted by Gasteiger charge is -2.14. The molecule has 0 aromatic carbocycles. The van der Waals surface area contributed by atoms with Crippen LogP contribution in [-0.4, -0.2) is 35.6 Å². The minimum atomic E-state index is 0.145. The first-order valence-electron chi connectivity index (χ1n) is 5.63. The molecule has 6 heteroatoms. The van der Waals surface area contributed by atoms with Gasteiger partial charge in [0.25, 0.3) is 0 Å². The van der Waals surface area contributed by atoms with E-state index in [9.17, 15) is 0 Å². The summed E-state index contributed by atoms with van der Waals surface area (Å²) in [7, 11) is 1.65. The van der Waals surface area contributed by atoms with Crippen molar-refractivity contribution in [1.82, 2.24) is 15.7 Å². The predicted octanol–water partition coefficient (Wildman–Crippen LogP) is 1.30. The van der Waals surface area contributed by atoms with E-state index in [2.05, 4.69) is 20.8 Å². The molecule has 98 valence electrons. The third-order valence-electron chi connectivity index (χ3n) is 2.22. The fourth-order valence-electron chi connectivity index (χ4n) is 1.34. The number of pyridine rings is 1. The Morgan fingerprint density at radius 3 is 2.78 bits per heavy atom. The largest absolute Gasteiger partial charge is 0.383 e. The number of hydrogen-bond acceptors (Lipinski definition) is 4. The molecule has 1 rings (SSSR count). The standard InChI is InChI=1S/C12H18N4OS/c1-9(8-17-3)14-12(18)16-15-10(2)11-4-6-13-7-5-11/h4-7,9H,8H2,1-3H3,(H2,14,16,18)/b15-10-/t9-/m0/s1. The number of nitrogens with zero attached hydrogens (tertiary/aromatic N) is 2. The summed E-state index contributed by atoms with van der Waals surface area (Å²) in [5.41, 5.74) is 4.66. The Hall–Kier alpha value is -1.53. The van der Waals surface area contributed by atoms with Crippen LogP contribution in [0.4, 0.5) is 0 Å². The Kier molecular flexibility index (Phi) is 6.24. The number of hydrogen-bond donors (Lipinski definition) is 2. The molecule has 1 heterocycles. The van der Waals surface area contributed by atoms with Crippen LogP contribution < -0.4 is 10.7 Å². The van der Waals surface area contributed by atoms with Crippen LogP contribution in [-0.2, 0) is 4.74 Å². The van der Waals surface area contributed by atoms with Gasteiger partial charge in [-0.25, -0.2) is 0 Å². The van der Waals surface area contributed by atoms with Gasteiger partial charge in [0.05, 0.1) is 12.3 Å². The SMILES string of the molecule is COC[C@H](C)NC(=S)N/N=C(/C)c1ccncc1. The van der Waals surface area contributed by atoms with Crippen LogP contribution in [0.5, 0.6) is 0 Å². The normalized spacial score (nSPS) is 12.9. The van der Waals surface area contributed by atoms with Gasteiger partial charge in [-0.05, 0) is 38.2 Å². The molecule has 2 N–H and O–H groups in total. The van der Waals surface area contributed by atoms with E-state index < -0.39 is 0 Å². The van der Waals surface area contributed by atoms with Crippen molar-refractivity contribution in [2.45, 2.75) is 19.9 Å². The molecule has 0 amide bonds. The average Bonchev–Trinajstić information content (AvgIpc) is 2.37. The first-order valence-corrected chi connectivity index (χ1v) is 6.04. The zero-order valence-electron chi connectivity index (χ0n) is 10.8. The van der Waals surface area contributed by atoms with Gasteiger partial charge in [0.15, 0.2) is 5.11 Å². The molecule has 0 unspecified atom stereocenters. The van der Waals surface area contributed by atoms with Gasteiger partial charge in [0, 0.05) is 31.1 Å². The molecule has 0 saturated carbocycles. The third-order valence-corrected chi connectivity index (χ3v) is 2.43. The van der Waals surface area contributed by atoms with Gasteiger partial charge in [-0.15, -0.1) is 0 Å². The molecule has 0 radical (unpaired) electrons. The third kappa shape index (κ3) is 5.20. The monoisotopic (exact) mass is 266 g/mol. The maximum Gasteiger partial charge on any atom is 0.187 e. The molecule has 0 fully saturated rings. The van der Waals surface area contributed by atoms with Gasteiger partial charge in [-0.1, -0.05) is 0 Å². The summed E-state index contributed by atoms with van der Waals surface area (Å²) in [6.45, 7) is 4.48. The molecule has 1 atom stereocenters. The number of thiocarbonyl (C=S) groups is 1. The minimum Gasteiger partial charge on any atom is -0.383 e. The zero-order valence-corrected chi connectivity index (χ0v) is 11.6. The summed E-state index contributed by atoms with van der Waals surface area (Å²) >= 11 is 5.12. The van der Waals surface area contributed by atoms with Crippen molar-refractivity contribution in [3.05, 3.63) is 30.1 Å². The quantitative estimate of drug-likeness (QED) is 0.478. The van der Waals surface area contributed by atoms with Crippen molar-refractivity contribution in [3.8, 4) is 0 Å². The van der Waals surface area contributed by atoms with E-state index in [0.29, 0.717) is 11.7 Å². The predicted molar refractivity (Wildman–Crippen MR) is 76.7 cm³/mol. The van der Waals surface area contributed by atoms with Crippen LogP contribution in [0.2, 0.25) is 0 Å². The van der Waals surface area contributed by atoms with E-state index in [1.165, 1.54) is 0 Å². The average molecular weight is 266 g/mol. The second kappa shape index (κ2) is 7.73. The number of methoxy groups -OCH3 is 1. The summed E-state index contributed by atoms with van der Waals surface area (Å²) in [5, 5.41) is 7.74. The number of ether oxygens (including phenoxy) is 1. The van der Waals surface area contributed by atoms with Crippen molar-refractivity contribution in [2.24, 2.45) is 5.10 Å². The van der Waals surface area contributed by atoms with E-state index in [4.69, 9.17) is 17.0 Å². The molecule has 0 aliphatic rings. The molecular weight excluding hydrogens is 248 g/mol. The first-order chi connectivity index (χ1) is 8.63. The van der Waals surface area contributed by atoms with Gasteiger partial charge in [0.1, 0.15) is 0 Å². The molecule has 0 aliphatic heterocycles. The van der Waals surface area contributed by atoms with E-state index in [-0.39, 0.29) is 6.04 Å². The van der Waals surface area contributed by atoms with Gasteiger partial charge in [-0.2, -0.15) is 5.10 Å².